The Morgan fingerprint density at radius 3 is 2.82 bits per heavy atom. The van der Waals surface area contributed by atoms with Crippen molar-refractivity contribution in [2.24, 2.45) is 5.92 Å². The van der Waals surface area contributed by atoms with Crippen LogP contribution in [-0.2, 0) is 4.79 Å². The van der Waals surface area contributed by atoms with Gasteiger partial charge in [-0.1, -0.05) is 0 Å². The molecule has 11 heavy (non-hydrogen) atoms. The minimum absolute atomic E-state index is 0.251. The van der Waals surface area contributed by atoms with Gasteiger partial charge in [0, 0.05) is 12.6 Å². The summed E-state index contributed by atoms with van der Waals surface area (Å²) < 4.78 is 0. The van der Waals surface area contributed by atoms with Crippen LogP contribution in [0.4, 0.5) is 0 Å². The predicted octanol–water partition coefficient (Wildman–Crippen LogP) is 0.555. The third-order valence-corrected chi connectivity index (χ3v) is 2.86. The maximum atomic E-state index is 10.4. The Balaban J connectivity index is 1.92. The van der Waals surface area contributed by atoms with Gasteiger partial charge in [0.05, 0.1) is 6.54 Å². The number of carboxylic acids is 1. The monoisotopic (exact) mass is 155 g/mol. The van der Waals surface area contributed by atoms with Crippen molar-refractivity contribution in [3.63, 3.8) is 0 Å². The summed E-state index contributed by atoms with van der Waals surface area (Å²) in [6, 6.07) is 0.594. The van der Waals surface area contributed by atoms with Gasteiger partial charge in [-0.25, -0.2) is 0 Å². The molecule has 0 aromatic rings. The van der Waals surface area contributed by atoms with Crippen LogP contribution in [0.5, 0.6) is 0 Å². The zero-order valence-electron chi connectivity index (χ0n) is 6.49. The highest BCUT2D eigenvalue weighted by Crippen LogP contribution is 2.36. The van der Waals surface area contributed by atoms with Gasteiger partial charge >= 0.3 is 5.97 Å². The van der Waals surface area contributed by atoms with Crippen LogP contribution in [0, 0.1) is 5.92 Å². The normalized spacial score (nSPS) is 36.4. The molecule has 1 aliphatic carbocycles. The highest BCUT2D eigenvalue weighted by atomic mass is 16.4. The van der Waals surface area contributed by atoms with E-state index in [0.29, 0.717) is 6.04 Å². The van der Waals surface area contributed by atoms with Crippen LogP contribution < -0.4 is 0 Å². The van der Waals surface area contributed by atoms with E-state index in [4.69, 9.17) is 5.11 Å². The van der Waals surface area contributed by atoms with E-state index in [1.54, 1.807) is 0 Å². The molecule has 2 atom stereocenters. The summed E-state index contributed by atoms with van der Waals surface area (Å²) in [6.07, 6.45) is 3.78. The number of hydrogen-bond donors (Lipinski definition) is 1. The average molecular weight is 155 g/mol. The van der Waals surface area contributed by atoms with Gasteiger partial charge in [-0.05, 0) is 25.2 Å². The van der Waals surface area contributed by atoms with Crippen molar-refractivity contribution < 1.29 is 9.90 Å². The molecule has 2 aliphatic rings. The maximum Gasteiger partial charge on any atom is 0.317 e. The highest BCUT2D eigenvalue weighted by Gasteiger charge is 2.38. The lowest BCUT2D eigenvalue weighted by molar-refractivity contribution is -0.138. The number of aliphatic carboxylic acids is 1. The lowest BCUT2D eigenvalue weighted by atomic mass is 10.1. The summed E-state index contributed by atoms with van der Waals surface area (Å²) in [5.41, 5.74) is 0. The van der Waals surface area contributed by atoms with Crippen molar-refractivity contribution in [2.75, 3.05) is 13.1 Å². The topological polar surface area (TPSA) is 40.5 Å². The summed E-state index contributed by atoms with van der Waals surface area (Å²) in [6.45, 7) is 1.28. The van der Waals surface area contributed by atoms with Gasteiger partial charge in [0.25, 0.3) is 0 Å². The average Bonchev–Trinajstić information content (AvgIpc) is 2.45. The summed E-state index contributed by atoms with van der Waals surface area (Å²) in [4.78, 5) is 12.5. The van der Waals surface area contributed by atoms with Crippen LogP contribution in [0.3, 0.4) is 0 Å². The standard InChI is InChI=1S/C8H13NO2/c10-8(11)5-9-4-6-1-2-7(9)3-6/h6-7H,1-5H2,(H,10,11)/t6?,7-/m1/s1. The third-order valence-electron chi connectivity index (χ3n) is 2.86. The molecule has 1 N–H and O–H groups in total. The van der Waals surface area contributed by atoms with Crippen molar-refractivity contribution in [2.45, 2.75) is 25.3 Å². The molecule has 1 heterocycles. The lowest BCUT2D eigenvalue weighted by Gasteiger charge is -2.24. The van der Waals surface area contributed by atoms with Crippen LogP contribution in [-0.4, -0.2) is 35.1 Å². The first-order valence-corrected chi connectivity index (χ1v) is 4.21. The van der Waals surface area contributed by atoms with E-state index in [9.17, 15) is 4.79 Å². The van der Waals surface area contributed by atoms with E-state index in [-0.39, 0.29) is 6.54 Å². The minimum Gasteiger partial charge on any atom is -0.480 e. The zero-order valence-corrected chi connectivity index (χ0v) is 6.49. The zero-order chi connectivity index (χ0) is 7.84. The molecule has 1 saturated heterocycles. The summed E-state index contributed by atoms with van der Waals surface area (Å²) in [5, 5.41) is 8.56. The summed E-state index contributed by atoms with van der Waals surface area (Å²) >= 11 is 0. The van der Waals surface area contributed by atoms with Crippen molar-refractivity contribution in [1.29, 1.82) is 0 Å². The van der Waals surface area contributed by atoms with Gasteiger partial charge in [0.1, 0.15) is 0 Å². The Bertz CT molecular complexity index is 181. The largest absolute Gasteiger partial charge is 0.480 e. The first-order chi connectivity index (χ1) is 5.25. The van der Waals surface area contributed by atoms with Gasteiger partial charge < -0.3 is 5.11 Å². The number of piperidine rings is 1. The van der Waals surface area contributed by atoms with Gasteiger partial charge in [-0.3, -0.25) is 9.69 Å². The van der Waals surface area contributed by atoms with E-state index in [2.05, 4.69) is 4.90 Å². The number of hydrogen-bond acceptors (Lipinski definition) is 2. The molecule has 62 valence electrons. The second-order valence-corrected chi connectivity index (χ2v) is 3.66. The van der Waals surface area contributed by atoms with Crippen molar-refractivity contribution in [1.82, 2.24) is 4.90 Å². The quantitative estimate of drug-likeness (QED) is 0.633. The summed E-state index contributed by atoms with van der Waals surface area (Å²) in [7, 11) is 0. The van der Waals surface area contributed by atoms with E-state index < -0.39 is 5.97 Å². The van der Waals surface area contributed by atoms with Gasteiger partial charge in [0.15, 0.2) is 0 Å². The molecule has 0 spiro atoms. The number of carboxylic acid groups (broad SMARTS) is 1. The Hall–Kier alpha value is -0.570. The summed E-state index contributed by atoms with van der Waals surface area (Å²) in [5.74, 6) is 0.122. The molecular formula is C8H13NO2. The van der Waals surface area contributed by atoms with E-state index in [1.807, 2.05) is 0 Å². The molecule has 1 aliphatic heterocycles. The number of carbonyl (C=O) groups is 1. The van der Waals surface area contributed by atoms with E-state index >= 15 is 0 Å². The lowest BCUT2D eigenvalue weighted by Crippen LogP contribution is -2.36. The first kappa shape index (κ1) is 7.10. The maximum absolute atomic E-state index is 10.4. The number of fused-ring (bicyclic) bond motifs is 2. The first-order valence-electron chi connectivity index (χ1n) is 4.21. The molecule has 2 fully saturated rings. The minimum atomic E-state index is -0.683. The number of likely N-dealkylation sites (tertiary alicyclic amines) is 1. The molecule has 1 unspecified atom stereocenters. The molecule has 2 rings (SSSR count). The predicted molar refractivity (Wildman–Crippen MR) is 40.3 cm³/mol. The third kappa shape index (κ3) is 1.25. The molecule has 0 aromatic carbocycles. The van der Waals surface area contributed by atoms with Crippen molar-refractivity contribution in [3.05, 3.63) is 0 Å². The molecule has 0 aromatic heterocycles. The molecule has 1 saturated carbocycles. The van der Waals surface area contributed by atoms with Gasteiger partial charge in [0.2, 0.25) is 0 Å². The second-order valence-electron chi connectivity index (χ2n) is 3.66. The van der Waals surface area contributed by atoms with Crippen molar-refractivity contribution >= 4 is 5.97 Å². The highest BCUT2D eigenvalue weighted by molar-refractivity contribution is 5.69. The Morgan fingerprint density at radius 2 is 2.36 bits per heavy atom. The van der Waals surface area contributed by atoms with Gasteiger partial charge in [-0.2, -0.15) is 0 Å². The fourth-order valence-corrected chi connectivity index (χ4v) is 2.39. The van der Waals surface area contributed by atoms with E-state index in [0.717, 1.165) is 12.5 Å². The Morgan fingerprint density at radius 1 is 1.55 bits per heavy atom. The SMILES string of the molecule is O=C(O)CN1CC2CC[C@@H]1C2. The molecule has 3 heteroatoms. The number of rotatable bonds is 2. The smallest absolute Gasteiger partial charge is 0.317 e. The fraction of sp³-hybridized carbons (Fsp3) is 0.875. The Kier molecular flexibility index (Phi) is 1.60. The Labute approximate surface area is 66.0 Å². The molecule has 3 nitrogen and oxygen atoms in total. The number of nitrogens with zero attached hydrogens (tertiary/aromatic N) is 1. The molecular weight excluding hydrogens is 142 g/mol. The fourth-order valence-electron chi connectivity index (χ4n) is 2.39. The molecule has 0 amide bonds. The second kappa shape index (κ2) is 2.48. The van der Waals surface area contributed by atoms with Crippen LogP contribution in [0.15, 0.2) is 0 Å². The molecule has 0 radical (unpaired) electrons. The molecule has 2 bridgehead atoms. The van der Waals surface area contributed by atoms with Crippen LogP contribution in [0.25, 0.3) is 0 Å². The van der Waals surface area contributed by atoms with Gasteiger partial charge in [-0.15, -0.1) is 0 Å². The van der Waals surface area contributed by atoms with Crippen LogP contribution >= 0.6 is 0 Å². The van der Waals surface area contributed by atoms with Crippen LogP contribution in [0.1, 0.15) is 19.3 Å². The van der Waals surface area contributed by atoms with Crippen LogP contribution in [0.2, 0.25) is 0 Å². The van der Waals surface area contributed by atoms with Crippen molar-refractivity contribution in [3.8, 4) is 0 Å². The van der Waals surface area contributed by atoms with E-state index in [1.165, 1.54) is 19.3 Å².